The number of hydrogen-bond acceptors (Lipinski definition) is 5. The summed E-state index contributed by atoms with van der Waals surface area (Å²) in [7, 11) is 0. The molecule has 6 nitrogen and oxygen atoms in total. The minimum absolute atomic E-state index is 0.142. The van der Waals surface area contributed by atoms with E-state index in [1.54, 1.807) is 11.3 Å². The van der Waals surface area contributed by atoms with Crippen LogP contribution in [-0.2, 0) is 25.5 Å². The normalized spacial score (nSPS) is 35.0. The van der Waals surface area contributed by atoms with E-state index in [1.807, 2.05) is 11.4 Å². The van der Waals surface area contributed by atoms with E-state index in [0.717, 1.165) is 24.8 Å². The molecule has 2 saturated heterocycles. The lowest BCUT2D eigenvalue weighted by Crippen LogP contribution is -2.45. The molecule has 5 unspecified atom stereocenters. The molecule has 2 bridgehead atoms. The minimum atomic E-state index is -0.939. The summed E-state index contributed by atoms with van der Waals surface area (Å²) in [4.78, 5) is 25.3. The van der Waals surface area contributed by atoms with Gasteiger partial charge >= 0.3 is 5.97 Å². The van der Waals surface area contributed by atoms with Crippen LogP contribution >= 0.6 is 11.3 Å². The van der Waals surface area contributed by atoms with Crippen LogP contribution in [0.1, 0.15) is 29.4 Å². The van der Waals surface area contributed by atoms with Crippen molar-refractivity contribution in [2.24, 2.45) is 11.8 Å². The number of rotatable bonds is 4. The van der Waals surface area contributed by atoms with Crippen molar-refractivity contribution < 1.29 is 24.2 Å². The molecule has 23 heavy (non-hydrogen) atoms. The maximum atomic E-state index is 12.5. The molecule has 0 saturated carbocycles. The lowest BCUT2D eigenvalue weighted by Gasteiger charge is -2.27. The van der Waals surface area contributed by atoms with Gasteiger partial charge in [0.05, 0.1) is 30.7 Å². The first-order chi connectivity index (χ1) is 11.1. The monoisotopic (exact) mass is 337 g/mol. The Morgan fingerprint density at radius 1 is 1.30 bits per heavy atom. The molecule has 0 radical (unpaired) electrons. The van der Waals surface area contributed by atoms with Gasteiger partial charge in [0, 0.05) is 17.8 Å². The summed E-state index contributed by atoms with van der Waals surface area (Å²) >= 11 is 1.71. The first kappa shape index (κ1) is 15.1. The molecule has 4 rings (SSSR count). The largest absolute Gasteiger partial charge is 0.481 e. The van der Waals surface area contributed by atoms with Crippen LogP contribution in [-0.4, -0.2) is 42.3 Å². The fourth-order valence-corrected chi connectivity index (χ4v) is 4.94. The molecule has 1 amide bonds. The van der Waals surface area contributed by atoms with Crippen LogP contribution in [0.4, 0.5) is 0 Å². The van der Waals surface area contributed by atoms with Crippen LogP contribution in [0.3, 0.4) is 0 Å². The summed E-state index contributed by atoms with van der Waals surface area (Å²) < 4.78 is 11.4. The van der Waals surface area contributed by atoms with Gasteiger partial charge in [-0.3, -0.25) is 9.59 Å². The highest BCUT2D eigenvalue weighted by molar-refractivity contribution is 7.10. The third-order valence-electron chi connectivity index (χ3n) is 5.10. The minimum Gasteiger partial charge on any atom is -0.481 e. The van der Waals surface area contributed by atoms with Gasteiger partial charge in [0.1, 0.15) is 6.10 Å². The molecule has 1 aromatic rings. The third kappa shape index (κ3) is 2.56. The molecule has 124 valence electrons. The van der Waals surface area contributed by atoms with Crippen LogP contribution in [0.15, 0.2) is 11.4 Å². The molecule has 3 aliphatic rings. The average molecular weight is 337 g/mol. The molecule has 2 fully saturated rings. The predicted molar refractivity (Wildman–Crippen MR) is 82.2 cm³/mol. The second kappa shape index (κ2) is 5.89. The smallest absolute Gasteiger partial charge is 0.310 e. The zero-order valence-corrected chi connectivity index (χ0v) is 13.4. The van der Waals surface area contributed by atoms with Gasteiger partial charge in [-0.2, -0.15) is 0 Å². The van der Waals surface area contributed by atoms with E-state index >= 15 is 0 Å². The molecule has 0 aliphatic carbocycles. The zero-order valence-electron chi connectivity index (χ0n) is 12.6. The van der Waals surface area contributed by atoms with Gasteiger partial charge in [-0.1, -0.05) is 0 Å². The van der Waals surface area contributed by atoms with Crippen molar-refractivity contribution in [2.75, 3.05) is 13.2 Å². The van der Waals surface area contributed by atoms with E-state index < -0.39 is 17.8 Å². The summed E-state index contributed by atoms with van der Waals surface area (Å²) in [6.45, 7) is 1.03. The zero-order chi connectivity index (χ0) is 16.0. The maximum absolute atomic E-state index is 12.5. The number of carboxylic acid groups (broad SMARTS) is 1. The van der Waals surface area contributed by atoms with Crippen molar-refractivity contribution in [3.63, 3.8) is 0 Å². The number of nitrogens with one attached hydrogen (secondary N) is 1. The number of ether oxygens (including phenoxy) is 2. The first-order valence-electron chi connectivity index (χ1n) is 7.99. The van der Waals surface area contributed by atoms with Crippen LogP contribution in [0.2, 0.25) is 0 Å². The maximum Gasteiger partial charge on any atom is 0.310 e. The Morgan fingerprint density at radius 3 is 2.87 bits per heavy atom. The van der Waals surface area contributed by atoms with Crippen LogP contribution in [0, 0.1) is 11.8 Å². The summed E-state index contributed by atoms with van der Waals surface area (Å²) in [5.74, 6) is -2.48. The van der Waals surface area contributed by atoms with Gasteiger partial charge in [0.2, 0.25) is 5.91 Å². The van der Waals surface area contributed by atoms with Gasteiger partial charge in [0.15, 0.2) is 0 Å². The molecule has 1 aromatic heterocycles. The van der Waals surface area contributed by atoms with Crippen molar-refractivity contribution in [2.45, 2.75) is 37.6 Å². The third-order valence-corrected chi connectivity index (χ3v) is 6.09. The molecular formula is C16H19NO5S. The molecule has 4 heterocycles. The molecule has 7 heteroatoms. The fourth-order valence-electron chi connectivity index (χ4n) is 4.03. The number of carboxylic acids is 1. The average Bonchev–Trinajstić information content (AvgIpc) is 3.26. The van der Waals surface area contributed by atoms with E-state index in [2.05, 4.69) is 5.32 Å². The predicted octanol–water partition coefficient (Wildman–Crippen LogP) is 1.36. The van der Waals surface area contributed by atoms with E-state index in [9.17, 15) is 14.7 Å². The molecule has 3 aliphatic heterocycles. The van der Waals surface area contributed by atoms with Crippen LogP contribution in [0.5, 0.6) is 0 Å². The highest BCUT2D eigenvalue weighted by Crippen LogP contribution is 2.43. The van der Waals surface area contributed by atoms with Crippen LogP contribution in [0.25, 0.3) is 0 Å². The van der Waals surface area contributed by atoms with E-state index in [4.69, 9.17) is 9.47 Å². The molecule has 0 aromatic carbocycles. The fraction of sp³-hybridized carbons (Fsp3) is 0.625. The Labute approximate surface area is 137 Å². The Balaban J connectivity index is 1.42. The van der Waals surface area contributed by atoms with Gasteiger partial charge in [0.25, 0.3) is 0 Å². The standard InChI is InChI=1S/C16H19NO5S/c18-15(13-9-1-2-10(22-9)14(13)16(19)20)17-7-11-8-4-6-23-12(8)3-5-21-11/h4,6,9-11,13-14H,1-3,5,7H2,(H,17,18)(H,19,20). The number of thiophene rings is 1. The molecule has 5 atom stereocenters. The van der Waals surface area contributed by atoms with Gasteiger partial charge in [-0.25, -0.2) is 0 Å². The quantitative estimate of drug-likeness (QED) is 0.866. The van der Waals surface area contributed by atoms with Gasteiger partial charge in [-0.05, 0) is 29.9 Å². The lowest BCUT2D eigenvalue weighted by molar-refractivity contribution is -0.148. The highest BCUT2D eigenvalue weighted by atomic mass is 32.1. The van der Waals surface area contributed by atoms with E-state index in [-0.39, 0.29) is 24.2 Å². The summed E-state index contributed by atoms with van der Waals surface area (Å²) in [6.07, 6.45) is 1.69. The Hall–Kier alpha value is -1.44. The number of carbonyl (C=O) groups is 2. The summed E-state index contributed by atoms with van der Waals surface area (Å²) in [5.41, 5.74) is 1.14. The lowest BCUT2D eigenvalue weighted by atomic mass is 9.78. The van der Waals surface area contributed by atoms with Crippen LogP contribution < -0.4 is 5.32 Å². The number of carbonyl (C=O) groups excluding carboxylic acids is 1. The Kier molecular flexibility index (Phi) is 3.87. The summed E-state index contributed by atoms with van der Waals surface area (Å²) in [6, 6.07) is 2.04. The van der Waals surface area contributed by atoms with E-state index in [0.29, 0.717) is 13.2 Å². The molecule has 2 N–H and O–H groups in total. The van der Waals surface area contributed by atoms with Gasteiger partial charge in [-0.15, -0.1) is 11.3 Å². The van der Waals surface area contributed by atoms with Crippen molar-refractivity contribution in [3.8, 4) is 0 Å². The van der Waals surface area contributed by atoms with Gasteiger partial charge < -0.3 is 19.9 Å². The second-order valence-corrected chi connectivity index (χ2v) is 7.33. The van der Waals surface area contributed by atoms with Crippen molar-refractivity contribution in [1.82, 2.24) is 5.32 Å². The first-order valence-corrected chi connectivity index (χ1v) is 8.87. The van der Waals surface area contributed by atoms with E-state index in [1.165, 1.54) is 4.88 Å². The number of aliphatic carboxylic acids is 1. The SMILES string of the molecule is O=C(O)C1C2CCC(O2)C1C(=O)NCC1OCCc2sccc21. The van der Waals surface area contributed by atoms with Crippen molar-refractivity contribution >= 4 is 23.2 Å². The number of fused-ring (bicyclic) bond motifs is 3. The highest BCUT2D eigenvalue weighted by Gasteiger charge is 2.55. The van der Waals surface area contributed by atoms with Crippen molar-refractivity contribution in [1.29, 1.82) is 0 Å². The topological polar surface area (TPSA) is 84.9 Å². The van der Waals surface area contributed by atoms with Crippen molar-refractivity contribution in [3.05, 3.63) is 21.9 Å². The number of hydrogen-bond donors (Lipinski definition) is 2. The Morgan fingerprint density at radius 2 is 2.09 bits per heavy atom. The molecule has 0 spiro atoms. The Bertz CT molecular complexity index is 630. The number of amides is 1. The second-order valence-electron chi connectivity index (χ2n) is 6.33. The molecular weight excluding hydrogens is 318 g/mol. The summed E-state index contributed by atoms with van der Waals surface area (Å²) in [5, 5.41) is 14.3.